The lowest BCUT2D eigenvalue weighted by Gasteiger charge is -1.82. The monoisotopic (exact) mass is 99.1 g/mol. The van der Waals surface area contributed by atoms with Gasteiger partial charge >= 0.3 is 0 Å². The Hall–Kier alpha value is -0.970. The Morgan fingerprint density at radius 1 is 1.57 bits per heavy atom. The maximum atomic E-state index is 5.10. The molecule has 1 atom stereocenters. The van der Waals surface area contributed by atoms with E-state index in [-0.39, 0.29) is 5.96 Å². The molecule has 1 heterocycles. The summed E-state index contributed by atoms with van der Waals surface area (Å²) >= 11 is 0. The van der Waals surface area contributed by atoms with Gasteiger partial charge in [0, 0.05) is 0 Å². The molecule has 5 heteroatoms. The minimum absolute atomic E-state index is 0.160. The van der Waals surface area contributed by atoms with Gasteiger partial charge in [-0.05, 0) is 0 Å². The van der Waals surface area contributed by atoms with Crippen LogP contribution in [0.4, 0.5) is 0 Å². The Bertz CT molecular complexity index is 124. The summed E-state index contributed by atoms with van der Waals surface area (Å²) in [5.41, 5.74) is 10.1. The van der Waals surface area contributed by atoms with Crippen LogP contribution in [0.1, 0.15) is 0 Å². The minimum atomic E-state index is -0.556. The molecule has 0 bridgehead atoms. The fourth-order valence-corrected chi connectivity index (χ4v) is 0.305. The van der Waals surface area contributed by atoms with Crippen LogP contribution in [0.25, 0.3) is 0 Å². The smallest absolute Gasteiger partial charge is 0.238 e. The predicted octanol–water partition coefficient (Wildman–Crippen LogP) is -0.991. The van der Waals surface area contributed by atoms with Gasteiger partial charge in [-0.25, -0.2) is 4.99 Å². The molecule has 0 fully saturated rings. The van der Waals surface area contributed by atoms with Crippen molar-refractivity contribution >= 4 is 5.96 Å². The molecule has 1 rings (SSSR count). The van der Waals surface area contributed by atoms with Gasteiger partial charge in [0.05, 0.1) is 0 Å². The van der Waals surface area contributed by atoms with Crippen LogP contribution in [0.15, 0.2) is 15.2 Å². The summed E-state index contributed by atoms with van der Waals surface area (Å²) in [6, 6.07) is 0. The lowest BCUT2D eigenvalue weighted by atomic mass is 10.9. The minimum Gasteiger partial charge on any atom is -0.367 e. The molecule has 0 amide bonds. The molecule has 1 aliphatic heterocycles. The van der Waals surface area contributed by atoms with E-state index in [1.54, 1.807) is 0 Å². The van der Waals surface area contributed by atoms with Crippen molar-refractivity contribution in [2.24, 2.45) is 26.7 Å². The van der Waals surface area contributed by atoms with E-state index in [2.05, 4.69) is 15.2 Å². The Morgan fingerprint density at radius 3 is 2.43 bits per heavy atom. The van der Waals surface area contributed by atoms with E-state index in [0.29, 0.717) is 0 Å². The second-order valence-electron chi connectivity index (χ2n) is 1.12. The average molecular weight is 99.1 g/mol. The van der Waals surface area contributed by atoms with Crippen LogP contribution in [0.5, 0.6) is 0 Å². The molecular formula is C2H5N5. The Labute approximate surface area is 40.1 Å². The molecule has 0 saturated carbocycles. The van der Waals surface area contributed by atoms with Crippen molar-refractivity contribution in [1.82, 2.24) is 0 Å². The van der Waals surface area contributed by atoms with Crippen molar-refractivity contribution < 1.29 is 0 Å². The van der Waals surface area contributed by atoms with Crippen LogP contribution in [-0.4, -0.2) is 12.2 Å². The molecule has 0 aromatic heterocycles. The summed E-state index contributed by atoms with van der Waals surface area (Å²) in [4.78, 5) is 3.53. The molecule has 5 nitrogen and oxygen atoms in total. The van der Waals surface area contributed by atoms with Gasteiger partial charge in [0.2, 0.25) is 12.2 Å². The molecular weight excluding hydrogens is 94.1 g/mol. The normalized spacial score (nSPS) is 28.1. The fourth-order valence-electron chi connectivity index (χ4n) is 0.305. The largest absolute Gasteiger partial charge is 0.367 e. The maximum Gasteiger partial charge on any atom is 0.238 e. The first kappa shape index (κ1) is 4.20. The van der Waals surface area contributed by atoms with Gasteiger partial charge in [0.1, 0.15) is 0 Å². The van der Waals surface area contributed by atoms with Crippen LogP contribution in [0, 0.1) is 0 Å². The molecule has 0 aliphatic carbocycles. The molecule has 38 valence electrons. The molecule has 7 heavy (non-hydrogen) atoms. The molecule has 1 unspecified atom stereocenters. The fraction of sp³-hybridized carbons (Fsp3) is 0.500. The first-order valence-electron chi connectivity index (χ1n) is 1.79. The molecule has 0 aromatic rings. The Kier molecular flexibility index (Phi) is 0.759. The molecule has 0 aromatic carbocycles. The van der Waals surface area contributed by atoms with Crippen LogP contribution in [0.3, 0.4) is 0 Å². The number of nitrogens with two attached hydrogens (primary N) is 2. The summed E-state index contributed by atoms with van der Waals surface area (Å²) in [6.07, 6.45) is -0.556. The van der Waals surface area contributed by atoms with Gasteiger partial charge in [-0.3, -0.25) is 5.73 Å². The highest BCUT2D eigenvalue weighted by Crippen LogP contribution is 1.93. The number of guanidine groups is 1. The van der Waals surface area contributed by atoms with E-state index in [0.717, 1.165) is 0 Å². The quantitative estimate of drug-likeness (QED) is 0.408. The van der Waals surface area contributed by atoms with Crippen LogP contribution in [0.2, 0.25) is 0 Å². The van der Waals surface area contributed by atoms with Crippen LogP contribution < -0.4 is 11.5 Å². The van der Waals surface area contributed by atoms with Gasteiger partial charge in [-0.1, -0.05) is 0 Å². The van der Waals surface area contributed by atoms with E-state index < -0.39 is 6.29 Å². The molecule has 4 N–H and O–H groups in total. The molecule has 1 aliphatic rings. The van der Waals surface area contributed by atoms with Crippen molar-refractivity contribution in [3.63, 3.8) is 0 Å². The van der Waals surface area contributed by atoms with Gasteiger partial charge in [-0.2, -0.15) is 0 Å². The third-order valence-corrected chi connectivity index (χ3v) is 0.543. The van der Waals surface area contributed by atoms with Crippen molar-refractivity contribution in [2.45, 2.75) is 6.29 Å². The number of aliphatic imine (C=N–C) groups is 1. The predicted molar refractivity (Wildman–Crippen MR) is 24.5 cm³/mol. The lowest BCUT2D eigenvalue weighted by Crippen LogP contribution is -2.12. The summed E-state index contributed by atoms with van der Waals surface area (Å²) in [6.45, 7) is 0. The summed E-state index contributed by atoms with van der Waals surface area (Å²) in [5.74, 6) is 0.160. The van der Waals surface area contributed by atoms with Crippen molar-refractivity contribution in [2.75, 3.05) is 0 Å². The number of azo groups is 1. The van der Waals surface area contributed by atoms with E-state index in [1.807, 2.05) is 0 Å². The molecule has 0 radical (unpaired) electrons. The van der Waals surface area contributed by atoms with E-state index >= 15 is 0 Å². The number of hydrogen-bond donors (Lipinski definition) is 2. The maximum absolute atomic E-state index is 5.10. The highest BCUT2D eigenvalue weighted by molar-refractivity contribution is 5.79. The highest BCUT2D eigenvalue weighted by atomic mass is 15.4. The zero-order valence-corrected chi connectivity index (χ0v) is 3.57. The van der Waals surface area contributed by atoms with E-state index in [1.165, 1.54) is 0 Å². The third kappa shape index (κ3) is 0.716. The Morgan fingerprint density at radius 2 is 2.29 bits per heavy atom. The Balaban J connectivity index is 2.69. The topological polar surface area (TPSA) is 89.1 Å². The van der Waals surface area contributed by atoms with Gasteiger partial charge in [0.25, 0.3) is 0 Å². The second kappa shape index (κ2) is 1.27. The average Bonchev–Trinajstić information content (AvgIpc) is 1.87. The van der Waals surface area contributed by atoms with E-state index in [9.17, 15) is 0 Å². The standard InChI is InChI=1S/C2H5N5/c3-1-5-2(4)7-6-1/h1H,3H2,(H2,4,5). The lowest BCUT2D eigenvalue weighted by molar-refractivity contribution is 0.748. The summed E-state index contributed by atoms with van der Waals surface area (Å²) < 4.78 is 0. The van der Waals surface area contributed by atoms with Gasteiger partial charge in [-0.15, -0.1) is 10.2 Å². The zero-order valence-electron chi connectivity index (χ0n) is 3.57. The van der Waals surface area contributed by atoms with Crippen molar-refractivity contribution in [3.8, 4) is 0 Å². The van der Waals surface area contributed by atoms with Crippen molar-refractivity contribution in [3.05, 3.63) is 0 Å². The number of hydrogen-bond acceptors (Lipinski definition) is 5. The van der Waals surface area contributed by atoms with Crippen molar-refractivity contribution in [1.29, 1.82) is 0 Å². The summed E-state index contributed by atoms with van der Waals surface area (Å²) in [7, 11) is 0. The van der Waals surface area contributed by atoms with Crippen LogP contribution in [-0.2, 0) is 0 Å². The number of rotatable bonds is 0. The van der Waals surface area contributed by atoms with E-state index in [4.69, 9.17) is 11.5 Å². The summed E-state index contributed by atoms with van der Waals surface area (Å²) in [5, 5.41) is 6.74. The SMILES string of the molecule is NC1=NC(N)N=N1. The molecule has 0 spiro atoms. The first-order chi connectivity index (χ1) is 3.29. The third-order valence-electron chi connectivity index (χ3n) is 0.543. The van der Waals surface area contributed by atoms with Crippen LogP contribution >= 0.6 is 0 Å². The highest BCUT2D eigenvalue weighted by Gasteiger charge is 2.02. The molecule has 0 saturated heterocycles. The first-order valence-corrected chi connectivity index (χ1v) is 1.79. The second-order valence-corrected chi connectivity index (χ2v) is 1.12. The number of nitrogens with zero attached hydrogens (tertiary/aromatic N) is 3. The zero-order chi connectivity index (χ0) is 5.28. The van der Waals surface area contributed by atoms with Gasteiger partial charge < -0.3 is 5.73 Å². The van der Waals surface area contributed by atoms with Gasteiger partial charge in [0.15, 0.2) is 0 Å².